The monoisotopic (exact) mass is 340 g/mol. The third kappa shape index (κ3) is 3.57. The second kappa shape index (κ2) is 6.84. The van der Waals surface area contributed by atoms with Gasteiger partial charge in [0.15, 0.2) is 5.82 Å². The van der Waals surface area contributed by atoms with E-state index in [1.54, 1.807) is 63.4 Å². The molecule has 128 valence electrons. The van der Waals surface area contributed by atoms with Gasteiger partial charge < -0.3 is 5.32 Å². The molecule has 1 aromatic heterocycles. The number of rotatable bonds is 4. The van der Waals surface area contributed by atoms with Gasteiger partial charge in [0.2, 0.25) is 5.95 Å². The Hall–Kier alpha value is -3.02. The fourth-order valence-electron chi connectivity index (χ4n) is 2.52. The van der Waals surface area contributed by atoms with Gasteiger partial charge in [0.25, 0.3) is 0 Å². The van der Waals surface area contributed by atoms with Crippen LogP contribution in [0.1, 0.15) is 16.7 Å². The number of aromatic nitrogens is 2. The van der Waals surface area contributed by atoms with Crippen molar-refractivity contribution in [2.24, 2.45) is 0 Å². The number of benzene rings is 2. The van der Waals surface area contributed by atoms with E-state index in [9.17, 15) is 8.87 Å². The topological polar surface area (TPSA) is 41.1 Å². The summed E-state index contributed by atoms with van der Waals surface area (Å²) in [5.41, 5.74) is 2.67. The molecule has 0 bridgehead atoms. The maximum Gasteiger partial charge on any atom is 0.229 e. The molecule has 4 nitrogen and oxygen atoms in total. The lowest BCUT2D eigenvalue weighted by Crippen LogP contribution is -2.10. The van der Waals surface area contributed by atoms with Crippen molar-refractivity contribution in [2.75, 3.05) is 10.4 Å². The molecule has 0 fully saturated rings. The summed E-state index contributed by atoms with van der Waals surface area (Å²) in [7, 11) is 0. The number of aryl methyl sites for hydroxylation is 3. The molecule has 0 aliphatic carbocycles. The maximum atomic E-state index is 14.7. The first-order valence-corrected chi connectivity index (χ1v) is 7.84. The average Bonchev–Trinajstić information content (AvgIpc) is 2.61. The van der Waals surface area contributed by atoms with E-state index in [1.807, 2.05) is 6.07 Å². The molecular weight excluding hydrogens is 322 g/mol. The Labute approximate surface area is 145 Å². The van der Waals surface area contributed by atoms with Gasteiger partial charge in [-0.2, -0.15) is 10.1 Å². The summed E-state index contributed by atoms with van der Waals surface area (Å²) in [4.78, 5) is 8.44. The van der Waals surface area contributed by atoms with Crippen LogP contribution < -0.4 is 10.4 Å². The highest BCUT2D eigenvalue weighted by Gasteiger charge is 2.14. The zero-order valence-electron chi connectivity index (χ0n) is 14.2. The first-order chi connectivity index (χ1) is 12.0. The summed E-state index contributed by atoms with van der Waals surface area (Å²) in [5.74, 6) is 0.152. The number of hydrogen-bond donors (Lipinski definition) is 1. The van der Waals surface area contributed by atoms with Crippen molar-refractivity contribution < 1.29 is 8.87 Å². The Morgan fingerprint density at radius 3 is 2.24 bits per heavy atom. The Bertz CT molecular complexity index is 874. The van der Waals surface area contributed by atoms with E-state index in [1.165, 1.54) is 0 Å². The maximum absolute atomic E-state index is 14.7. The summed E-state index contributed by atoms with van der Waals surface area (Å²) in [6.45, 7) is 5.11. The van der Waals surface area contributed by atoms with Crippen LogP contribution >= 0.6 is 0 Å². The fraction of sp³-hybridized carbons (Fsp3) is 0.158. The molecule has 0 aliphatic rings. The van der Waals surface area contributed by atoms with Gasteiger partial charge in [-0.1, -0.05) is 22.7 Å². The van der Waals surface area contributed by atoms with Gasteiger partial charge in [-0.15, -0.1) is 0 Å². The van der Waals surface area contributed by atoms with E-state index < -0.39 is 0 Å². The minimum atomic E-state index is -0.241. The minimum Gasteiger partial charge on any atom is -0.324 e. The summed E-state index contributed by atoms with van der Waals surface area (Å²) < 4.78 is 28.4. The van der Waals surface area contributed by atoms with Crippen molar-refractivity contribution in [1.82, 2.24) is 9.97 Å². The Morgan fingerprint density at radius 1 is 0.960 bits per heavy atom. The fourth-order valence-corrected chi connectivity index (χ4v) is 2.52. The third-order valence-electron chi connectivity index (χ3n) is 3.81. The number of anilines is 4. The van der Waals surface area contributed by atoms with Crippen LogP contribution in [-0.2, 0) is 0 Å². The van der Waals surface area contributed by atoms with Gasteiger partial charge in [0.1, 0.15) is 5.82 Å². The molecule has 0 radical (unpaired) electrons. The van der Waals surface area contributed by atoms with Gasteiger partial charge in [-0.3, -0.25) is 0 Å². The smallest absolute Gasteiger partial charge is 0.229 e. The second-order valence-corrected chi connectivity index (χ2v) is 5.87. The molecule has 0 saturated heterocycles. The predicted octanol–water partition coefficient (Wildman–Crippen LogP) is 5.31. The molecule has 6 heteroatoms. The lowest BCUT2D eigenvalue weighted by Gasteiger charge is -2.16. The van der Waals surface area contributed by atoms with Gasteiger partial charge >= 0.3 is 0 Å². The second-order valence-electron chi connectivity index (χ2n) is 5.87. The van der Waals surface area contributed by atoms with E-state index in [2.05, 4.69) is 15.3 Å². The predicted molar refractivity (Wildman–Crippen MR) is 95.6 cm³/mol. The van der Waals surface area contributed by atoms with Crippen LogP contribution in [0, 0.1) is 26.6 Å². The number of nitrogens with one attached hydrogen (secondary N) is 1. The van der Waals surface area contributed by atoms with Crippen molar-refractivity contribution in [3.63, 3.8) is 0 Å². The number of halogens is 2. The molecule has 1 heterocycles. The summed E-state index contributed by atoms with van der Waals surface area (Å²) >= 11 is 0. The van der Waals surface area contributed by atoms with Crippen molar-refractivity contribution >= 4 is 23.1 Å². The van der Waals surface area contributed by atoms with Crippen LogP contribution in [0.3, 0.4) is 0 Å². The molecule has 2 aromatic carbocycles. The van der Waals surface area contributed by atoms with Crippen molar-refractivity contribution in [3.05, 3.63) is 71.2 Å². The van der Waals surface area contributed by atoms with Crippen LogP contribution in [-0.4, -0.2) is 9.97 Å². The van der Waals surface area contributed by atoms with E-state index in [4.69, 9.17) is 0 Å². The lowest BCUT2D eigenvalue weighted by molar-refractivity contribution is 0.497. The minimum absolute atomic E-state index is 0.152. The van der Waals surface area contributed by atoms with Gasteiger partial charge in [0, 0.05) is 17.4 Å². The van der Waals surface area contributed by atoms with Crippen LogP contribution in [0.2, 0.25) is 0 Å². The average molecular weight is 340 g/mol. The molecular formula is C19H18F2N4. The van der Waals surface area contributed by atoms with Crippen LogP contribution in [0.15, 0.2) is 48.7 Å². The zero-order chi connectivity index (χ0) is 18.0. The summed E-state index contributed by atoms with van der Waals surface area (Å²) in [5, 5.41) is 3.52. The quantitative estimate of drug-likeness (QED) is 0.654. The van der Waals surface area contributed by atoms with E-state index in [0.717, 1.165) is 0 Å². The molecule has 0 amide bonds. The normalized spacial score (nSPS) is 10.6. The van der Waals surface area contributed by atoms with Crippen molar-refractivity contribution in [1.29, 1.82) is 0 Å². The molecule has 0 unspecified atom stereocenters. The summed E-state index contributed by atoms with van der Waals surface area (Å²) in [6.07, 6.45) is 1.55. The molecule has 1 N–H and O–H groups in total. The Kier molecular flexibility index (Phi) is 4.61. The van der Waals surface area contributed by atoms with Crippen molar-refractivity contribution in [2.45, 2.75) is 20.8 Å². The molecule has 3 rings (SSSR count). The molecule has 0 atom stereocenters. The largest absolute Gasteiger partial charge is 0.324 e. The van der Waals surface area contributed by atoms with Crippen LogP contribution in [0.4, 0.5) is 32.0 Å². The van der Waals surface area contributed by atoms with Gasteiger partial charge in [-0.25, -0.2) is 9.37 Å². The van der Waals surface area contributed by atoms with Gasteiger partial charge in [0.05, 0.1) is 5.69 Å². The highest BCUT2D eigenvalue weighted by molar-refractivity contribution is 5.63. The SMILES string of the molecule is Cc1cnc(Nc2cc(C)c(F)c(C)c2)nc1N(F)c1ccccc1. The summed E-state index contributed by atoms with van der Waals surface area (Å²) in [6, 6.07) is 12.0. The van der Waals surface area contributed by atoms with E-state index in [-0.39, 0.29) is 17.6 Å². The first kappa shape index (κ1) is 16.8. The third-order valence-corrected chi connectivity index (χ3v) is 3.81. The lowest BCUT2D eigenvalue weighted by atomic mass is 10.1. The highest BCUT2D eigenvalue weighted by Crippen LogP contribution is 2.28. The Morgan fingerprint density at radius 2 is 1.60 bits per heavy atom. The van der Waals surface area contributed by atoms with Crippen LogP contribution in [0.25, 0.3) is 0 Å². The molecule has 0 aliphatic heterocycles. The van der Waals surface area contributed by atoms with E-state index >= 15 is 0 Å². The molecule has 0 spiro atoms. The van der Waals surface area contributed by atoms with E-state index in [0.29, 0.717) is 33.2 Å². The highest BCUT2D eigenvalue weighted by atomic mass is 19.2. The van der Waals surface area contributed by atoms with Crippen LogP contribution in [0.5, 0.6) is 0 Å². The first-order valence-electron chi connectivity index (χ1n) is 7.84. The number of para-hydroxylation sites is 1. The molecule has 25 heavy (non-hydrogen) atoms. The molecule has 0 saturated carbocycles. The van der Waals surface area contributed by atoms with Gasteiger partial charge in [-0.05, 0) is 56.2 Å². The Balaban J connectivity index is 1.92. The zero-order valence-corrected chi connectivity index (χ0v) is 14.2. The standard InChI is InChI=1S/C19H18F2N4/c1-12-9-15(10-13(2)17(12)20)23-19-22-11-14(3)18(24-19)25(21)16-7-5-4-6-8-16/h4-11H,1-3H3,(H,22,23,24). The van der Waals surface area contributed by atoms with Crippen molar-refractivity contribution in [3.8, 4) is 0 Å². The molecule has 3 aromatic rings. The number of hydrogen-bond acceptors (Lipinski definition) is 4. The number of nitrogens with zero attached hydrogens (tertiary/aromatic N) is 3.